The highest BCUT2D eigenvalue weighted by Crippen LogP contribution is 2.35. The molecule has 2 aliphatic rings. The van der Waals surface area contributed by atoms with Crippen molar-refractivity contribution < 1.29 is 4.79 Å². The summed E-state index contributed by atoms with van der Waals surface area (Å²) in [6, 6.07) is 3.84. The lowest BCUT2D eigenvalue weighted by atomic mass is 9.78. The molecule has 1 amide bonds. The number of nitrogens with zero attached hydrogens (tertiary/aromatic N) is 2. The Hall–Kier alpha value is -1.58. The van der Waals surface area contributed by atoms with E-state index in [-0.39, 0.29) is 5.91 Å². The minimum absolute atomic E-state index is 0.0592. The summed E-state index contributed by atoms with van der Waals surface area (Å²) in [6.07, 6.45) is 9.01. The third-order valence-electron chi connectivity index (χ3n) is 4.51. The van der Waals surface area contributed by atoms with E-state index >= 15 is 0 Å². The molecule has 2 atom stereocenters. The third-order valence-corrected chi connectivity index (χ3v) is 4.51. The lowest BCUT2D eigenvalue weighted by molar-refractivity contribution is 0.0385. The molecule has 1 saturated heterocycles. The van der Waals surface area contributed by atoms with E-state index < -0.39 is 0 Å². The molecule has 4 heteroatoms. The standard InChI is InChI=1S/C15H21N3O/c16-12-7-8-17-13(10-12)15(19)18-9-3-5-11-4-1-2-6-14(11)18/h7-8,10-11,14H,1-6,9H2,(H2,16,17)/t11-,14-/m1/s1. The van der Waals surface area contributed by atoms with Crippen LogP contribution in [0.3, 0.4) is 0 Å². The van der Waals surface area contributed by atoms with E-state index in [2.05, 4.69) is 9.88 Å². The molecule has 3 rings (SSSR count). The van der Waals surface area contributed by atoms with Crippen LogP contribution in [0.5, 0.6) is 0 Å². The normalized spacial score (nSPS) is 26.8. The Kier molecular flexibility index (Phi) is 3.40. The van der Waals surface area contributed by atoms with Crippen molar-refractivity contribution in [3.63, 3.8) is 0 Å². The SMILES string of the molecule is Nc1ccnc(C(=O)N2CCC[C@H]3CCCC[C@H]32)c1. The van der Waals surface area contributed by atoms with Gasteiger partial charge in [-0.15, -0.1) is 0 Å². The molecule has 2 N–H and O–H groups in total. The molecule has 4 nitrogen and oxygen atoms in total. The molecule has 0 spiro atoms. The molecule has 0 unspecified atom stereocenters. The lowest BCUT2D eigenvalue weighted by Gasteiger charge is -2.44. The Morgan fingerprint density at radius 2 is 2.05 bits per heavy atom. The maximum absolute atomic E-state index is 12.6. The smallest absolute Gasteiger partial charge is 0.272 e. The number of fused-ring (bicyclic) bond motifs is 1. The van der Waals surface area contributed by atoms with Crippen LogP contribution in [0.4, 0.5) is 5.69 Å². The summed E-state index contributed by atoms with van der Waals surface area (Å²) in [7, 11) is 0. The largest absolute Gasteiger partial charge is 0.399 e. The number of nitrogens with two attached hydrogens (primary N) is 1. The minimum atomic E-state index is 0.0592. The van der Waals surface area contributed by atoms with Gasteiger partial charge in [-0.2, -0.15) is 0 Å². The second-order valence-corrected chi connectivity index (χ2v) is 5.73. The first-order valence-corrected chi connectivity index (χ1v) is 7.28. The predicted octanol–water partition coefficient (Wildman–Crippen LogP) is 2.46. The van der Waals surface area contributed by atoms with E-state index in [0.29, 0.717) is 23.3 Å². The van der Waals surface area contributed by atoms with Crippen LogP contribution in [0, 0.1) is 5.92 Å². The number of hydrogen-bond acceptors (Lipinski definition) is 3. The molecule has 0 bridgehead atoms. The van der Waals surface area contributed by atoms with E-state index in [1.807, 2.05) is 0 Å². The number of carbonyl (C=O) groups is 1. The van der Waals surface area contributed by atoms with Gasteiger partial charge in [0.2, 0.25) is 0 Å². The molecule has 0 radical (unpaired) electrons. The van der Waals surface area contributed by atoms with Crippen molar-refractivity contribution in [3.05, 3.63) is 24.0 Å². The fourth-order valence-corrected chi connectivity index (χ4v) is 3.59. The zero-order valence-electron chi connectivity index (χ0n) is 11.2. The van der Waals surface area contributed by atoms with Crippen LogP contribution in [-0.4, -0.2) is 28.4 Å². The second kappa shape index (κ2) is 5.19. The Bertz CT molecular complexity index is 472. The number of nitrogen functional groups attached to an aromatic ring is 1. The van der Waals surface area contributed by atoms with Gasteiger partial charge in [0.1, 0.15) is 5.69 Å². The molecule has 2 heterocycles. The average molecular weight is 259 g/mol. The number of hydrogen-bond donors (Lipinski definition) is 1. The number of anilines is 1. The number of pyridine rings is 1. The van der Waals surface area contributed by atoms with Crippen LogP contribution in [0.2, 0.25) is 0 Å². The molecule has 2 fully saturated rings. The van der Waals surface area contributed by atoms with E-state index in [1.165, 1.54) is 25.7 Å². The van der Waals surface area contributed by atoms with Crippen LogP contribution in [0.1, 0.15) is 49.0 Å². The van der Waals surface area contributed by atoms with Crippen LogP contribution < -0.4 is 5.73 Å². The second-order valence-electron chi connectivity index (χ2n) is 5.73. The summed E-state index contributed by atoms with van der Waals surface area (Å²) in [5.74, 6) is 0.761. The lowest BCUT2D eigenvalue weighted by Crippen LogP contribution is -2.49. The first-order valence-electron chi connectivity index (χ1n) is 7.28. The van der Waals surface area contributed by atoms with Crippen LogP contribution >= 0.6 is 0 Å². The molecule has 1 saturated carbocycles. The van der Waals surface area contributed by atoms with Gasteiger partial charge in [0.15, 0.2) is 0 Å². The minimum Gasteiger partial charge on any atom is -0.399 e. The van der Waals surface area contributed by atoms with Crippen molar-refractivity contribution in [1.82, 2.24) is 9.88 Å². The van der Waals surface area contributed by atoms with E-state index in [0.717, 1.165) is 19.4 Å². The highest BCUT2D eigenvalue weighted by Gasteiger charge is 2.36. The summed E-state index contributed by atoms with van der Waals surface area (Å²) in [5, 5.41) is 0. The van der Waals surface area contributed by atoms with Crippen molar-refractivity contribution in [2.45, 2.75) is 44.6 Å². The number of carbonyl (C=O) groups excluding carboxylic acids is 1. The summed E-state index contributed by atoms with van der Waals surface area (Å²) in [4.78, 5) is 18.8. The Labute approximate surface area is 114 Å². The molecular formula is C15H21N3O. The van der Waals surface area contributed by atoms with Crippen molar-refractivity contribution in [1.29, 1.82) is 0 Å². The molecule has 0 aromatic carbocycles. The number of rotatable bonds is 1. The molecule has 19 heavy (non-hydrogen) atoms. The first kappa shape index (κ1) is 12.5. The summed E-state index contributed by atoms with van der Waals surface area (Å²) in [6.45, 7) is 0.872. The van der Waals surface area contributed by atoms with Gasteiger partial charge in [0, 0.05) is 24.5 Å². The van der Waals surface area contributed by atoms with Gasteiger partial charge in [-0.25, -0.2) is 0 Å². The van der Waals surface area contributed by atoms with Gasteiger partial charge in [-0.05, 0) is 43.7 Å². The van der Waals surface area contributed by atoms with Crippen molar-refractivity contribution >= 4 is 11.6 Å². The van der Waals surface area contributed by atoms with Crippen LogP contribution in [0.15, 0.2) is 18.3 Å². The summed E-state index contributed by atoms with van der Waals surface area (Å²) >= 11 is 0. The Morgan fingerprint density at radius 1 is 1.26 bits per heavy atom. The fraction of sp³-hybridized carbons (Fsp3) is 0.600. The highest BCUT2D eigenvalue weighted by molar-refractivity contribution is 5.93. The first-order chi connectivity index (χ1) is 9.25. The van der Waals surface area contributed by atoms with Gasteiger partial charge in [0.05, 0.1) is 0 Å². The molecular weight excluding hydrogens is 238 g/mol. The average Bonchev–Trinajstić information content (AvgIpc) is 2.46. The number of piperidine rings is 1. The van der Waals surface area contributed by atoms with Gasteiger partial charge in [0.25, 0.3) is 5.91 Å². The monoisotopic (exact) mass is 259 g/mol. The van der Waals surface area contributed by atoms with E-state index in [4.69, 9.17) is 5.73 Å². The predicted molar refractivity (Wildman–Crippen MR) is 74.7 cm³/mol. The van der Waals surface area contributed by atoms with Gasteiger partial charge in [-0.3, -0.25) is 9.78 Å². The fourth-order valence-electron chi connectivity index (χ4n) is 3.59. The topological polar surface area (TPSA) is 59.2 Å². The van der Waals surface area contributed by atoms with Crippen molar-refractivity contribution in [2.24, 2.45) is 5.92 Å². The molecule has 102 valence electrons. The van der Waals surface area contributed by atoms with Crippen molar-refractivity contribution in [3.8, 4) is 0 Å². The van der Waals surface area contributed by atoms with Crippen LogP contribution in [-0.2, 0) is 0 Å². The Balaban J connectivity index is 1.82. The van der Waals surface area contributed by atoms with Gasteiger partial charge < -0.3 is 10.6 Å². The number of amides is 1. The molecule has 1 aliphatic heterocycles. The number of aromatic nitrogens is 1. The van der Waals surface area contributed by atoms with Crippen LogP contribution in [0.25, 0.3) is 0 Å². The molecule has 1 aliphatic carbocycles. The molecule has 1 aromatic rings. The van der Waals surface area contributed by atoms with E-state index in [1.54, 1.807) is 18.3 Å². The third kappa shape index (κ3) is 2.44. The maximum atomic E-state index is 12.6. The summed E-state index contributed by atoms with van der Waals surface area (Å²) in [5.41, 5.74) is 6.85. The van der Waals surface area contributed by atoms with Gasteiger partial charge in [-0.1, -0.05) is 12.8 Å². The highest BCUT2D eigenvalue weighted by atomic mass is 16.2. The number of likely N-dealkylation sites (tertiary alicyclic amines) is 1. The van der Waals surface area contributed by atoms with Crippen molar-refractivity contribution in [2.75, 3.05) is 12.3 Å². The van der Waals surface area contributed by atoms with Gasteiger partial charge >= 0.3 is 0 Å². The zero-order chi connectivity index (χ0) is 13.2. The Morgan fingerprint density at radius 3 is 2.89 bits per heavy atom. The maximum Gasteiger partial charge on any atom is 0.272 e. The van der Waals surface area contributed by atoms with E-state index in [9.17, 15) is 4.79 Å². The zero-order valence-corrected chi connectivity index (χ0v) is 11.2. The quantitative estimate of drug-likeness (QED) is 0.842. The summed E-state index contributed by atoms with van der Waals surface area (Å²) < 4.78 is 0. The molecule has 1 aromatic heterocycles.